The summed E-state index contributed by atoms with van der Waals surface area (Å²) >= 11 is 0. The minimum absolute atomic E-state index is 0.358. The van der Waals surface area contributed by atoms with E-state index in [0.29, 0.717) is 25.3 Å². The van der Waals surface area contributed by atoms with Gasteiger partial charge in [-0.3, -0.25) is 0 Å². The Hall–Kier alpha value is -1.36. The Morgan fingerprint density at radius 1 is 1.47 bits per heavy atom. The molecule has 0 radical (unpaired) electrons. The van der Waals surface area contributed by atoms with E-state index in [1.54, 1.807) is 10.6 Å². The molecular formula is C10H16N4O2S. The molecule has 94 valence electrons. The summed E-state index contributed by atoms with van der Waals surface area (Å²) < 4.78 is 25.7. The first-order chi connectivity index (χ1) is 7.92. The van der Waals surface area contributed by atoms with Gasteiger partial charge in [0, 0.05) is 32.9 Å². The average molecular weight is 256 g/mol. The Morgan fingerprint density at radius 2 is 2.18 bits per heavy atom. The van der Waals surface area contributed by atoms with E-state index in [-0.39, 0.29) is 0 Å². The van der Waals surface area contributed by atoms with Gasteiger partial charge < -0.3 is 9.88 Å². The van der Waals surface area contributed by atoms with Crippen molar-refractivity contribution in [1.82, 2.24) is 14.6 Å². The molecule has 2 N–H and O–H groups in total. The molecule has 0 aliphatic heterocycles. The van der Waals surface area contributed by atoms with Crippen LogP contribution in [0.25, 0.3) is 0 Å². The van der Waals surface area contributed by atoms with Crippen LogP contribution in [0.5, 0.6) is 0 Å². The lowest BCUT2D eigenvalue weighted by Crippen LogP contribution is -2.30. The number of nitriles is 1. The monoisotopic (exact) mass is 256 g/mol. The zero-order valence-corrected chi connectivity index (χ0v) is 10.7. The lowest BCUT2D eigenvalue weighted by molar-refractivity contribution is 0.582. The highest BCUT2D eigenvalue weighted by Crippen LogP contribution is 2.05. The summed E-state index contributed by atoms with van der Waals surface area (Å²) in [4.78, 5) is 0. The van der Waals surface area contributed by atoms with Gasteiger partial charge >= 0.3 is 0 Å². The van der Waals surface area contributed by atoms with Gasteiger partial charge in [0.15, 0.2) is 0 Å². The molecule has 1 aromatic heterocycles. The van der Waals surface area contributed by atoms with E-state index in [0.717, 1.165) is 11.8 Å². The Bertz CT molecular complexity index is 513. The van der Waals surface area contributed by atoms with E-state index < -0.39 is 10.0 Å². The van der Waals surface area contributed by atoms with Crippen LogP contribution in [-0.2, 0) is 23.6 Å². The van der Waals surface area contributed by atoms with E-state index in [4.69, 9.17) is 5.26 Å². The molecule has 7 heteroatoms. The molecule has 17 heavy (non-hydrogen) atoms. The van der Waals surface area contributed by atoms with Gasteiger partial charge in [-0.05, 0) is 11.6 Å². The normalized spacial score (nSPS) is 11.4. The van der Waals surface area contributed by atoms with Crippen molar-refractivity contribution in [3.05, 3.63) is 23.5 Å². The second kappa shape index (κ2) is 5.82. The first kappa shape index (κ1) is 13.7. The SMILES string of the molecule is Cn1cc(CNCCNS(C)(=O)=O)cc1C#N. The third-order valence-electron chi connectivity index (χ3n) is 2.17. The zero-order chi connectivity index (χ0) is 12.9. The highest BCUT2D eigenvalue weighted by Gasteiger charge is 2.02. The van der Waals surface area contributed by atoms with Crippen molar-refractivity contribution in [2.45, 2.75) is 6.54 Å². The van der Waals surface area contributed by atoms with Crippen LogP contribution >= 0.6 is 0 Å². The summed E-state index contributed by atoms with van der Waals surface area (Å²) in [7, 11) is -1.30. The number of aryl methyl sites for hydroxylation is 1. The molecule has 0 fully saturated rings. The van der Waals surface area contributed by atoms with Crippen LogP contribution in [0.3, 0.4) is 0 Å². The van der Waals surface area contributed by atoms with Crippen LogP contribution in [0.15, 0.2) is 12.3 Å². The number of nitrogens with one attached hydrogen (secondary N) is 2. The van der Waals surface area contributed by atoms with Crippen molar-refractivity contribution in [1.29, 1.82) is 5.26 Å². The Labute approximate surface area is 101 Å². The highest BCUT2D eigenvalue weighted by atomic mass is 32.2. The zero-order valence-electron chi connectivity index (χ0n) is 9.90. The first-order valence-corrected chi connectivity index (χ1v) is 7.02. The third kappa shape index (κ3) is 4.99. The van der Waals surface area contributed by atoms with Gasteiger partial charge in [-0.15, -0.1) is 0 Å². The van der Waals surface area contributed by atoms with Crippen LogP contribution in [-0.4, -0.2) is 32.3 Å². The smallest absolute Gasteiger partial charge is 0.208 e. The Morgan fingerprint density at radius 3 is 2.71 bits per heavy atom. The molecule has 0 unspecified atom stereocenters. The van der Waals surface area contributed by atoms with Crippen molar-refractivity contribution in [2.75, 3.05) is 19.3 Å². The number of rotatable bonds is 6. The number of hydrogen-bond acceptors (Lipinski definition) is 4. The molecule has 0 aliphatic rings. The summed E-state index contributed by atoms with van der Waals surface area (Å²) in [6.07, 6.45) is 3.00. The van der Waals surface area contributed by atoms with Gasteiger partial charge in [0.2, 0.25) is 10.0 Å². The van der Waals surface area contributed by atoms with Crippen LogP contribution in [0.4, 0.5) is 0 Å². The summed E-state index contributed by atoms with van der Waals surface area (Å²) in [5, 5.41) is 11.9. The van der Waals surface area contributed by atoms with Crippen molar-refractivity contribution in [2.24, 2.45) is 7.05 Å². The number of nitrogens with zero attached hydrogens (tertiary/aromatic N) is 2. The molecular weight excluding hydrogens is 240 g/mol. The van der Waals surface area contributed by atoms with Gasteiger partial charge in [-0.2, -0.15) is 5.26 Å². The fourth-order valence-corrected chi connectivity index (χ4v) is 1.87. The summed E-state index contributed by atoms with van der Waals surface area (Å²) in [5.74, 6) is 0. The van der Waals surface area contributed by atoms with E-state index in [1.807, 2.05) is 13.2 Å². The molecule has 0 bridgehead atoms. The van der Waals surface area contributed by atoms with Gasteiger partial charge in [-0.1, -0.05) is 0 Å². The largest absolute Gasteiger partial charge is 0.342 e. The molecule has 6 nitrogen and oxygen atoms in total. The lowest BCUT2D eigenvalue weighted by atomic mass is 10.3. The summed E-state index contributed by atoms with van der Waals surface area (Å²) in [5.41, 5.74) is 1.61. The van der Waals surface area contributed by atoms with Gasteiger partial charge in [0.25, 0.3) is 0 Å². The molecule has 0 atom stereocenters. The molecule has 0 aliphatic carbocycles. The summed E-state index contributed by atoms with van der Waals surface area (Å²) in [6.45, 7) is 1.52. The fraction of sp³-hybridized carbons (Fsp3) is 0.500. The molecule has 0 spiro atoms. The van der Waals surface area contributed by atoms with E-state index >= 15 is 0 Å². The van der Waals surface area contributed by atoms with Crippen LogP contribution in [0.1, 0.15) is 11.3 Å². The lowest BCUT2D eigenvalue weighted by Gasteiger charge is -2.03. The standard InChI is InChI=1S/C10H16N4O2S/c1-14-8-9(5-10(14)6-11)7-12-3-4-13-17(2,15)16/h5,8,12-13H,3-4,7H2,1-2H3. The minimum atomic E-state index is -3.11. The maximum atomic E-state index is 10.8. The highest BCUT2D eigenvalue weighted by molar-refractivity contribution is 7.88. The van der Waals surface area contributed by atoms with Crippen molar-refractivity contribution in [3.8, 4) is 6.07 Å². The average Bonchev–Trinajstić information content (AvgIpc) is 2.57. The quantitative estimate of drug-likeness (QED) is 0.674. The van der Waals surface area contributed by atoms with E-state index in [2.05, 4.69) is 16.1 Å². The van der Waals surface area contributed by atoms with Crippen LogP contribution < -0.4 is 10.0 Å². The van der Waals surface area contributed by atoms with Crippen molar-refractivity contribution >= 4 is 10.0 Å². The second-order valence-corrected chi connectivity index (χ2v) is 5.63. The molecule has 0 saturated carbocycles. The Balaban J connectivity index is 2.30. The third-order valence-corrected chi connectivity index (χ3v) is 2.90. The molecule has 0 saturated heterocycles. The van der Waals surface area contributed by atoms with Gasteiger partial charge in [-0.25, -0.2) is 13.1 Å². The first-order valence-electron chi connectivity index (χ1n) is 5.13. The predicted molar refractivity (Wildman–Crippen MR) is 64.7 cm³/mol. The number of sulfonamides is 1. The number of aromatic nitrogens is 1. The van der Waals surface area contributed by atoms with Crippen molar-refractivity contribution < 1.29 is 8.42 Å². The van der Waals surface area contributed by atoms with E-state index in [9.17, 15) is 8.42 Å². The maximum Gasteiger partial charge on any atom is 0.208 e. The fourth-order valence-electron chi connectivity index (χ4n) is 1.40. The maximum absolute atomic E-state index is 10.8. The molecule has 1 heterocycles. The summed E-state index contributed by atoms with van der Waals surface area (Å²) in [6, 6.07) is 3.88. The molecule has 1 aromatic rings. The van der Waals surface area contributed by atoms with Crippen LogP contribution in [0.2, 0.25) is 0 Å². The topological polar surface area (TPSA) is 86.9 Å². The number of hydrogen-bond donors (Lipinski definition) is 2. The molecule has 0 amide bonds. The van der Waals surface area contributed by atoms with Gasteiger partial charge in [0.1, 0.15) is 11.8 Å². The predicted octanol–water partition coefficient (Wildman–Crippen LogP) is -0.464. The second-order valence-electron chi connectivity index (χ2n) is 3.80. The Kier molecular flexibility index (Phi) is 4.69. The minimum Gasteiger partial charge on any atom is -0.342 e. The molecule has 1 rings (SSSR count). The van der Waals surface area contributed by atoms with Gasteiger partial charge in [0.05, 0.1) is 6.26 Å². The van der Waals surface area contributed by atoms with Crippen molar-refractivity contribution in [3.63, 3.8) is 0 Å². The molecule has 0 aromatic carbocycles. The van der Waals surface area contributed by atoms with E-state index in [1.165, 1.54) is 0 Å². The van der Waals surface area contributed by atoms with Crippen LogP contribution in [0, 0.1) is 11.3 Å².